The average molecular weight is 421 g/mol. The van der Waals surface area contributed by atoms with Gasteiger partial charge in [-0.2, -0.15) is 0 Å². The first-order chi connectivity index (χ1) is 14.9. The van der Waals surface area contributed by atoms with E-state index in [0.29, 0.717) is 5.56 Å². The number of carbonyl (C=O) groups excluding carboxylic acids is 2. The first-order valence-electron chi connectivity index (χ1n) is 9.27. The Balaban J connectivity index is 1.77. The molecule has 1 unspecified atom stereocenters. The Labute approximate surface area is 175 Å². The number of rotatable bonds is 5. The number of halogens is 1. The third-order valence-electron chi connectivity index (χ3n) is 5.02. The van der Waals surface area contributed by atoms with Crippen LogP contribution >= 0.6 is 0 Å². The number of Topliss-reactive ketones (excluding diaryl/α,β-unsaturated/α-hetero) is 1. The number of aliphatic hydroxyl groups excluding tert-OH is 1. The topological polar surface area (TPSA) is 108 Å². The number of nitrogens with zero attached hydrogens (tertiary/aromatic N) is 1. The average Bonchev–Trinajstić information content (AvgIpc) is 3.37. The van der Waals surface area contributed by atoms with E-state index in [-0.39, 0.29) is 29.0 Å². The van der Waals surface area contributed by atoms with Crippen molar-refractivity contribution < 1.29 is 33.4 Å². The highest BCUT2D eigenvalue weighted by atomic mass is 19.1. The van der Waals surface area contributed by atoms with Crippen molar-refractivity contribution in [2.45, 2.75) is 12.6 Å². The highest BCUT2D eigenvalue weighted by Crippen LogP contribution is 2.40. The number of carboxylic acid groups (broad SMARTS) is 1. The lowest BCUT2D eigenvalue weighted by atomic mass is 9.99. The fourth-order valence-corrected chi connectivity index (χ4v) is 3.50. The summed E-state index contributed by atoms with van der Waals surface area (Å²) in [6, 6.07) is 12.9. The number of furan rings is 1. The van der Waals surface area contributed by atoms with Crippen molar-refractivity contribution in [2.75, 3.05) is 0 Å². The minimum absolute atomic E-state index is 0.0178. The maximum absolute atomic E-state index is 13.3. The van der Waals surface area contributed by atoms with Crippen molar-refractivity contribution in [1.29, 1.82) is 0 Å². The highest BCUT2D eigenvalue weighted by molar-refractivity contribution is 6.46. The van der Waals surface area contributed by atoms with Crippen LogP contribution in [0.3, 0.4) is 0 Å². The van der Waals surface area contributed by atoms with Crippen molar-refractivity contribution in [3.8, 4) is 0 Å². The summed E-state index contributed by atoms with van der Waals surface area (Å²) < 4.78 is 18.7. The van der Waals surface area contributed by atoms with Gasteiger partial charge in [0.05, 0.1) is 17.4 Å². The molecule has 4 rings (SSSR count). The second-order valence-electron chi connectivity index (χ2n) is 6.95. The van der Waals surface area contributed by atoms with Gasteiger partial charge in [0.15, 0.2) is 0 Å². The number of amides is 1. The Hall–Kier alpha value is -4.20. The van der Waals surface area contributed by atoms with Crippen LogP contribution < -0.4 is 0 Å². The van der Waals surface area contributed by atoms with Crippen LogP contribution in [-0.2, 0) is 16.1 Å². The molecule has 1 atom stereocenters. The molecular formula is C23H16FNO6. The number of ketones is 1. The molecule has 0 aliphatic carbocycles. The van der Waals surface area contributed by atoms with E-state index in [0.717, 1.165) is 12.1 Å². The van der Waals surface area contributed by atoms with E-state index >= 15 is 0 Å². The molecule has 2 N–H and O–H groups in total. The molecular weight excluding hydrogens is 405 g/mol. The second kappa shape index (κ2) is 7.91. The molecule has 1 amide bonds. The summed E-state index contributed by atoms with van der Waals surface area (Å²) in [5, 5.41) is 19.8. The molecule has 8 heteroatoms. The van der Waals surface area contributed by atoms with Crippen LogP contribution in [0.1, 0.15) is 33.3 Å². The fraction of sp³-hybridized carbons (Fsp3) is 0.0870. The van der Waals surface area contributed by atoms with Gasteiger partial charge in [-0.15, -0.1) is 0 Å². The Morgan fingerprint density at radius 1 is 0.968 bits per heavy atom. The third-order valence-corrected chi connectivity index (χ3v) is 5.02. The maximum atomic E-state index is 13.3. The Kier molecular flexibility index (Phi) is 5.12. The number of carbonyl (C=O) groups is 3. The molecule has 2 aromatic carbocycles. The zero-order valence-corrected chi connectivity index (χ0v) is 16.0. The Morgan fingerprint density at radius 2 is 1.61 bits per heavy atom. The van der Waals surface area contributed by atoms with Crippen molar-refractivity contribution in [3.05, 3.63) is 101 Å². The summed E-state index contributed by atoms with van der Waals surface area (Å²) >= 11 is 0. The lowest BCUT2D eigenvalue weighted by molar-refractivity contribution is -0.140. The lowest BCUT2D eigenvalue weighted by Gasteiger charge is -2.23. The number of aliphatic hydroxyl groups is 1. The number of likely N-dealkylation sites (tertiary alicyclic amines) is 1. The zero-order valence-electron chi connectivity index (χ0n) is 16.0. The monoisotopic (exact) mass is 421 g/mol. The molecule has 1 fully saturated rings. The summed E-state index contributed by atoms with van der Waals surface area (Å²) in [5.41, 5.74) is 0.686. The lowest BCUT2D eigenvalue weighted by Crippen LogP contribution is -2.29. The van der Waals surface area contributed by atoms with Crippen molar-refractivity contribution in [3.63, 3.8) is 0 Å². The number of hydrogen-bond donors (Lipinski definition) is 2. The van der Waals surface area contributed by atoms with Gasteiger partial charge in [-0.1, -0.05) is 12.1 Å². The third kappa shape index (κ3) is 3.71. The number of hydrogen-bond acceptors (Lipinski definition) is 5. The molecule has 0 bridgehead atoms. The maximum Gasteiger partial charge on any atom is 0.335 e. The Bertz CT molecular complexity index is 1180. The number of aromatic carboxylic acids is 1. The zero-order chi connectivity index (χ0) is 22.1. The molecule has 156 valence electrons. The molecule has 1 aliphatic heterocycles. The molecule has 1 aromatic heterocycles. The number of benzene rings is 2. The van der Waals surface area contributed by atoms with Gasteiger partial charge in [0, 0.05) is 12.1 Å². The van der Waals surface area contributed by atoms with E-state index in [1.807, 2.05) is 0 Å². The van der Waals surface area contributed by atoms with Gasteiger partial charge < -0.3 is 19.5 Å². The van der Waals surface area contributed by atoms with Crippen LogP contribution in [0, 0.1) is 5.82 Å². The summed E-state index contributed by atoms with van der Waals surface area (Å²) in [6.07, 6.45) is 1.38. The first kappa shape index (κ1) is 20.1. The molecule has 0 saturated carbocycles. The number of carboxylic acids is 1. The van der Waals surface area contributed by atoms with E-state index in [1.165, 1.54) is 35.4 Å². The molecule has 1 aliphatic rings. The summed E-state index contributed by atoms with van der Waals surface area (Å²) in [6.45, 7) is -0.0178. The van der Waals surface area contributed by atoms with Crippen molar-refractivity contribution in [1.82, 2.24) is 4.90 Å². The van der Waals surface area contributed by atoms with Crippen molar-refractivity contribution in [2.24, 2.45) is 0 Å². The summed E-state index contributed by atoms with van der Waals surface area (Å²) in [7, 11) is 0. The van der Waals surface area contributed by atoms with Crippen molar-refractivity contribution >= 4 is 23.4 Å². The molecule has 0 spiro atoms. The highest BCUT2D eigenvalue weighted by Gasteiger charge is 2.47. The SMILES string of the molecule is O=C1C(=O)N(Cc2ccc(C(=O)O)cc2)C(c2ccco2)/C1=C(/O)c1ccc(F)cc1. The predicted molar refractivity (Wildman–Crippen MR) is 106 cm³/mol. The largest absolute Gasteiger partial charge is 0.507 e. The van der Waals surface area contributed by atoms with Gasteiger partial charge in [-0.3, -0.25) is 9.59 Å². The predicted octanol–water partition coefficient (Wildman–Crippen LogP) is 3.74. The van der Waals surface area contributed by atoms with E-state index in [1.54, 1.807) is 24.3 Å². The molecule has 1 saturated heterocycles. The second-order valence-corrected chi connectivity index (χ2v) is 6.95. The minimum Gasteiger partial charge on any atom is -0.507 e. The molecule has 0 radical (unpaired) electrons. The van der Waals surface area contributed by atoms with Crippen LogP contribution in [0.25, 0.3) is 5.76 Å². The molecule has 31 heavy (non-hydrogen) atoms. The van der Waals surface area contributed by atoms with Gasteiger partial charge in [0.2, 0.25) is 0 Å². The summed E-state index contributed by atoms with van der Waals surface area (Å²) in [5.74, 6) is -3.50. The first-order valence-corrected chi connectivity index (χ1v) is 9.27. The molecule has 3 aromatic rings. The fourth-order valence-electron chi connectivity index (χ4n) is 3.50. The van der Waals surface area contributed by atoms with Crippen LogP contribution in [0.2, 0.25) is 0 Å². The summed E-state index contributed by atoms with van der Waals surface area (Å²) in [4.78, 5) is 38.0. The Morgan fingerprint density at radius 3 is 2.19 bits per heavy atom. The van der Waals surface area contributed by atoms with Crippen LogP contribution in [0.5, 0.6) is 0 Å². The molecule has 2 heterocycles. The van der Waals surface area contributed by atoms with Gasteiger partial charge in [0.1, 0.15) is 23.4 Å². The van der Waals surface area contributed by atoms with Gasteiger partial charge >= 0.3 is 5.97 Å². The van der Waals surface area contributed by atoms with E-state index < -0.39 is 35.3 Å². The van der Waals surface area contributed by atoms with Crippen LogP contribution in [0.4, 0.5) is 4.39 Å². The van der Waals surface area contributed by atoms with E-state index in [9.17, 15) is 23.9 Å². The smallest absolute Gasteiger partial charge is 0.335 e. The normalized spacial score (nSPS) is 17.8. The van der Waals surface area contributed by atoms with Crippen LogP contribution in [0.15, 0.2) is 76.9 Å². The van der Waals surface area contributed by atoms with E-state index in [2.05, 4.69) is 0 Å². The van der Waals surface area contributed by atoms with E-state index in [4.69, 9.17) is 9.52 Å². The quantitative estimate of drug-likeness (QED) is 0.369. The van der Waals surface area contributed by atoms with Crippen LogP contribution in [-0.4, -0.2) is 32.8 Å². The standard InChI is InChI=1S/C23H16FNO6/c24-16-9-7-14(8-10-16)20(26)18-19(17-2-1-11-31-17)25(22(28)21(18)27)12-13-3-5-15(6-4-13)23(29)30/h1-11,19,26H,12H2,(H,29,30)/b20-18-. The van der Waals surface area contributed by atoms with Gasteiger partial charge in [0.25, 0.3) is 11.7 Å². The minimum atomic E-state index is -1.08. The van der Waals surface area contributed by atoms with Gasteiger partial charge in [-0.25, -0.2) is 9.18 Å². The van der Waals surface area contributed by atoms with Gasteiger partial charge in [-0.05, 0) is 54.1 Å². The molecule has 7 nitrogen and oxygen atoms in total.